The number of hydrogen-bond acceptors (Lipinski definition) is 1. The molecular weight excluding hydrogens is 317 g/mol. The van der Waals surface area contributed by atoms with Crippen molar-refractivity contribution < 1.29 is 13.2 Å². The summed E-state index contributed by atoms with van der Waals surface area (Å²) in [5.74, 6) is -0.994. The normalized spacial score (nSPS) is 10.9. The first-order chi connectivity index (χ1) is 6.06. The highest BCUT2D eigenvalue weighted by molar-refractivity contribution is 14.1. The predicted octanol–water partition coefficient (Wildman–Crippen LogP) is 3.50. The molecule has 0 N–H and O–H groups in total. The molecule has 0 amide bonds. The first kappa shape index (κ1) is 11.0. The van der Waals surface area contributed by atoms with Gasteiger partial charge in [0.1, 0.15) is 5.69 Å². The molecule has 0 aromatic carbocycles. The molecule has 1 aromatic heterocycles. The van der Waals surface area contributed by atoms with Gasteiger partial charge in [-0.05, 0) is 28.7 Å². The molecule has 0 unspecified atom stereocenters. The van der Waals surface area contributed by atoms with Crippen molar-refractivity contribution in [3.8, 4) is 0 Å². The zero-order valence-corrected chi connectivity index (χ0v) is 9.11. The van der Waals surface area contributed by atoms with Crippen LogP contribution in [-0.2, 0) is 5.88 Å². The Hall–Kier alpha value is -0.0400. The third-order valence-corrected chi connectivity index (χ3v) is 2.55. The Kier molecular flexibility index (Phi) is 3.78. The van der Waals surface area contributed by atoms with Crippen LogP contribution >= 0.6 is 34.2 Å². The van der Waals surface area contributed by atoms with Gasteiger partial charge in [0, 0.05) is 3.57 Å². The molecule has 0 bridgehead atoms. The monoisotopic (exact) mass is 321 g/mol. The van der Waals surface area contributed by atoms with E-state index in [4.69, 9.17) is 11.6 Å². The zero-order valence-electron chi connectivity index (χ0n) is 6.20. The van der Waals surface area contributed by atoms with Crippen molar-refractivity contribution in [2.45, 2.75) is 12.3 Å². The summed E-state index contributed by atoms with van der Waals surface area (Å²) >= 11 is 7.22. The number of halogens is 5. The fraction of sp³-hybridized carbons (Fsp3) is 0.286. The molecule has 72 valence electrons. The Balaban J connectivity index is 3.22. The second-order valence-corrected chi connectivity index (χ2v) is 3.65. The molecule has 0 aliphatic heterocycles. The lowest BCUT2D eigenvalue weighted by molar-refractivity contribution is 0.140. The maximum absolute atomic E-state index is 12.8. The van der Waals surface area contributed by atoms with Crippen LogP contribution in [0.2, 0.25) is 0 Å². The Morgan fingerprint density at radius 2 is 2.15 bits per heavy atom. The minimum Gasteiger partial charge on any atom is -0.246 e. The quantitative estimate of drug-likeness (QED) is 0.600. The van der Waals surface area contributed by atoms with Crippen molar-refractivity contribution in [2.75, 3.05) is 0 Å². The van der Waals surface area contributed by atoms with Crippen LogP contribution < -0.4 is 0 Å². The number of rotatable bonds is 2. The molecule has 1 nitrogen and oxygen atoms in total. The predicted molar refractivity (Wildman–Crippen MR) is 51.4 cm³/mol. The highest BCUT2D eigenvalue weighted by Crippen LogP contribution is 2.23. The summed E-state index contributed by atoms with van der Waals surface area (Å²) in [6, 6.07) is 1.01. The highest BCUT2D eigenvalue weighted by atomic mass is 127. The summed E-state index contributed by atoms with van der Waals surface area (Å²) in [4.78, 5) is 3.43. The van der Waals surface area contributed by atoms with E-state index in [9.17, 15) is 13.2 Å². The molecule has 0 spiro atoms. The van der Waals surface area contributed by atoms with Crippen molar-refractivity contribution in [3.63, 3.8) is 0 Å². The van der Waals surface area contributed by atoms with Crippen LogP contribution in [0.3, 0.4) is 0 Å². The van der Waals surface area contributed by atoms with Gasteiger partial charge >= 0.3 is 0 Å². The molecule has 1 aromatic rings. The minimum atomic E-state index is -2.90. The average molecular weight is 321 g/mol. The van der Waals surface area contributed by atoms with Gasteiger partial charge in [-0.15, -0.1) is 11.6 Å². The number of aromatic nitrogens is 1. The summed E-state index contributed by atoms with van der Waals surface area (Å²) in [6.45, 7) is 0. The number of alkyl halides is 3. The van der Waals surface area contributed by atoms with Gasteiger partial charge in [0.15, 0.2) is 5.82 Å². The molecule has 6 heteroatoms. The van der Waals surface area contributed by atoms with Crippen LogP contribution in [0.1, 0.15) is 17.8 Å². The molecule has 0 atom stereocenters. The molecule has 0 radical (unpaired) electrons. The summed E-state index contributed by atoms with van der Waals surface area (Å²) in [7, 11) is 0. The van der Waals surface area contributed by atoms with Crippen LogP contribution in [0.4, 0.5) is 13.2 Å². The fourth-order valence-corrected chi connectivity index (χ4v) is 1.78. The van der Waals surface area contributed by atoms with Gasteiger partial charge in [-0.3, -0.25) is 0 Å². The second kappa shape index (κ2) is 4.45. The van der Waals surface area contributed by atoms with Gasteiger partial charge in [0.05, 0.1) is 11.6 Å². The summed E-state index contributed by atoms with van der Waals surface area (Å²) in [5, 5.41) is 0. The van der Waals surface area contributed by atoms with Crippen molar-refractivity contribution in [1.82, 2.24) is 4.98 Å². The molecule has 0 aliphatic rings. The van der Waals surface area contributed by atoms with E-state index in [-0.39, 0.29) is 11.6 Å². The van der Waals surface area contributed by atoms with Crippen LogP contribution in [0.5, 0.6) is 0 Å². The smallest absolute Gasteiger partial charge is 0.246 e. The van der Waals surface area contributed by atoms with E-state index in [1.54, 1.807) is 22.6 Å². The van der Waals surface area contributed by atoms with Crippen molar-refractivity contribution in [2.24, 2.45) is 0 Å². The van der Waals surface area contributed by atoms with Crippen molar-refractivity contribution in [1.29, 1.82) is 0 Å². The first-order valence-corrected chi connectivity index (χ1v) is 4.86. The zero-order chi connectivity index (χ0) is 10.0. The summed E-state index contributed by atoms with van der Waals surface area (Å²) in [6.07, 6.45) is -2.90. The summed E-state index contributed by atoms with van der Waals surface area (Å²) in [5.41, 5.74) is -0.560. The van der Waals surface area contributed by atoms with Crippen LogP contribution in [0, 0.1) is 9.39 Å². The maximum atomic E-state index is 12.8. The molecule has 0 saturated heterocycles. The molecule has 1 heterocycles. The van der Waals surface area contributed by atoms with Gasteiger partial charge in [0.2, 0.25) is 0 Å². The third-order valence-electron chi connectivity index (χ3n) is 1.36. The van der Waals surface area contributed by atoms with Crippen molar-refractivity contribution in [3.05, 3.63) is 26.8 Å². The van der Waals surface area contributed by atoms with E-state index < -0.39 is 17.9 Å². The van der Waals surface area contributed by atoms with E-state index in [1.165, 1.54) is 0 Å². The Morgan fingerprint density at radius 3 is 2.62 bits per heavy atom. The Bertz CT molecular complexity index is 319. The highest BCUT2D eigenvalue weighted by Gasteiger charge is 2.17. The van der Waals surface area contributed by atoms with E-state index in [2.05, 4.69) is 4.98 Å². The fourth-order valence-electron chi connectivity index (χ4n) is 0.767. The average Bonchev–Trinajstić information content (AvgIpc) is 2.03. The lowest BCUT2D eigenvalue weighted by Gasteiger charge is -2.04. The largest absolute Gasteiger partial charge is 0.283 e. The standard InChI is InChI=1S/C7H4ClF3IN/c8-2-5-4(12)1-3(9)6(13-5)7(10)11/h1,7H,2H2. The van der Waals surface area contributed by atoms with Crippen LogP contribution in [-0.4, -0.2) is 4.98 Å². The maximum Gasteiger partial charge on any atom is 0.283 e. The summed E-state index contributed by atoms with van der Waals surface area (Å²) < 4.78 is 37.5. The molecule has 0 aliphatic carbocycles. The van der Waals surface area contributed by atoms with Gasteiger partial charge in [-0.1, -0.05) is 0 Å². The van der Waals surface area contributed by atoms with Crippen LogP contribution in [0.15, 0.2) is 6.07 Å². The topological polar surface area (TPSA) is 12.9 Å². The minimum absolute atomic E-state index is 0.00171. The van der Waals surface area contributed by atoms with Gasteiger partial charge in [0.25, 0.3) is 6.43 Å². The molecular formula is C7H4ClF3IN. The molecule has 13 heavy (non-hydrogen) atoms. The lowest BCUT2D eigenvalue weighted by atomic mass is 10.3. The Morgan fingerprint density at radius 1 is 1.54 bits per heavy atom. The Labute approximate surface area is 91.4 Å². The van der Waals surface area contributed by atoms with E-state index >= 15 is 0 Å². The lowest BCUT2D eigenvalue weighted by Crippen LogP contribution is -2.01. The van der Waals surface area contributed by atoms with Gasteiger partial charge in [-0.25, -0.2) is 18.2 Å². The van der Waals surface area contributed by atoms with Gasteiger partial charge < -0.3 is 0 Å². The van der Waals surface area contributed by atoms with E-state index in [0.29, 0.717) is 3.57 Å². The first-order valence-electron chi connectivity index (χ1n) is 3.25. The van der Waals surface area contributed by atoms with Crippen molar-refractivity contribution >= 4 is 34.2 Å². The molecule has 0 fully saturated rings. The molecule has 1 rings (SSSR count). The SMILES string of the molecule is Fc1cc(I)c(CCl)nc1C(F)F. The number of nitrogens with zero attached hydrogens (tertiary/aromatic N) is 1. The van der Waals surface area contributed by atoms with Crippen LogP contribution in [0.25, 0.3) is 0 Å². The number of hydrogen-bond donors (Lipinski definition) is 0. The van der Waals surface area contributed by atoms with E-state index in [1.807, 2.05) is 0 Å². The molecule has 0 saturated carbocycles. The number of pyridine rings is 1. The second-order valence-electron chi connectivity index (χ2n) is 2.22. The van der Waals surface area contributed by atoms with E-state index in [0.717, 1.165) is 6.07 Å². The third kappa shape index (κ3) is 2.46. The van der Waals surface area contributed by atoms with Gasteiger partial charge in [-0.2, -0.15) is 0 Å².